The molecular formula is C30H36F2N4O4. The summed E-state index contributed by atoms with van der Waals surface area (Å²) in [5, 5.41) is 10.0. The van der Waals surface area contributed by atoms with Gasteiger partial charge in [-0.3, -0.25) is 9.59 Å². The average Bonchev–Trinajstić information content (AvgIpc) is 3.22. The van der Waals surface area contributed by atoms with Gasteiger partial charge >= 0.3 is 0 Å². The Bertz CT molecular complexity index is 1310. The number of halogens is 2. The van der Waals surface area contributed by atoms with Gasteiger partial charge in [-0.15, -0.1) is 0 Å². The lowest BCUT2D eigenvalue weighted by Gasteiger charge is -2.34. The van der Waals surface area contributed by atoms with Crippen molar-refractivity contribution in [2.75, 3.05) is 32.8 Å². The maximum Gasteiger partial charge on any atom is 0.257 e. The number of amides is 2. The molecule has 40 heavy (non-hydrogen) atoms. The lowest BCUT2D eigenvalue weighted by molar-refractivity contribution is -0.126. The van der Waals surface area contributed by atoms with Crippen molar-refractivity contribution in [1.29, 1.82) is 0 Å². The molecule has 2 aliphatic rings. The molecule has 10 heteroatoms. The average molecular weight is 555 g/mol. The summed E-state index contributed by atoms with van der Waals surface area (Å²) < 4.78 is 35.1. The Balaban J connectivity index is 1.43. The van der Waals surface area contributed by atoms with Crippen LogP contribution in [-0.2, 0) is 4.79 Å². The van der Waals surface area contributed by atoms with E-state index in [-0.39, 0.29) is 24.2 Å². The first-order valence-corrected chi connectivity index (χ1v) is 13.5. The van der Waals surface area contributed by atoms with Crippen molar-refractivity contribution in [3.8, 4) is 16.9 Å². The number of rotatable bonds is 8. The summed E-state index contributed by atoms with van der Waals surface area (Å²) in [6, 6.07) is 9.14. The lowest BCUT2D eigenvalue weighted by atomic mass is 9.96. The third kappa shape index (κ3) is 6.43. The number of aliphatic hydroxyl groups is 1. The minimum Gasteiger partial charge on any atom is -0.504 e. The predicted octanol–water partition coefficient (Wildman–Crippen LogP) is 4.33. The highest BCUT2D eigenvalue weighted by atomic mass is 19.1. The van der Waals surface area contributed by atoms with Crippen molar-refractivity contribution >= 4 is 17.5 Å². The summed E-state index contributed by atoms with van der Waals surface area (Å²) in [5.74, 6) is -1.54. The summed E-state index contributed by atoms with van der Waals surface area (Å²) in [6.45, 7) is 14.6. The molecule has 2 aromatic carbocycles. The molecule has 0 aromatic heterocycles. The second kappa shape index (κ2) is 11.5. The number of primary amides is 1. The number of carbonyl (C=O) groups is 2. The van der Waals surface area contributed by atoms with E-state index in [0.717, 1.165) is 30.8 Å². The van der Waals surface area contributed by atoms with Gasteiger partial charge in [0.25, 0.3) is 5.91 Å². The molecule has 2 fully saturated rings. The van der Waals surface area contributed by atoms with E-state index in [2.05, 4.69) is 9.74 Å². The number of carbonyl (C=O) groups excluding carboxylic acids is 2. The first-order chi connectivity index (χ1) is 18.8. The van der Waals surface area contributed by atoms with Crippen molar-refractivity contribution in [3.63, 3.8) is 0 Å². The van der Waals surface area contributed by atoms with Crippen LogP contribution in [-0.4, -0.2) is 76.8 Å². The van der Waals surface area contributed by atoms with E-state index in [1.807, 2.05) is 0 Å². The number of hydrogen-bond acceptors (Lipinski definition) is 5. The Morgan fingerprint density at radius 2 is 1.85 bits per heavy atom. The summed E-state index contributed by atoms with van der Waals surface area (Å²) >= 11 is 0. The molecule has 8 nitrogen and oxygen atoms in total. The van der Waals surface area contributed by atoms with Crippen LogP contribution >= 0.6 is 0 Å². The van der Waals surface area contributed by atoms with E-state index < -0.39 is 34.9 Å². The third-order valence-corrected chi connectivity index (χ3v) is 7.79. The van der Waals surface area contributed by atoms with Crippen molar-refractivity contribution in [1.82, 2.24) is 9.80 Å². The fourth-order valence-electron chi connectivity index (χ4n) is 5.56. The number of ether oxygens (including phenoxy) is 1. The molecule has 2 saturated heterocycles. The standard InChI is InChI=1S/C30H36F2N4O4/c1-29(2,32)18-35-11-9-19(10-12-35)17-40-26-8-6-21(14-25(26)34-4)20-5-7-23(24(31)13-20)27(38)36-16-22(37)15-30(36,3)28(33)39/h5-8,13-14,19,22,37H,9-12,15-18H2,1-3H3,(H2,33,39)/t22-,30-/m1/s1. The van der Waals surface area contributed by atoms with Crippen molar-refractivity contribution in [3.05, 3.63) is 59.2 Å². The molecule has 0 unspecified atom stereocenters. The van der Waals surface area contributed by atoms with Crippen molar-refractivity contribution in [2.45, 2.75) is 57.3 Å². The zero-order valence-corrected chi connectivity index (χ0v) is 23.1. The fraction of sp³-hybridized carbons (Fsp3) is 0.500. The number of alkyl halides is 1. The van der Waals surface area contributed by atoms with Gasteiger partial charge in [-0.05, 0) is 88.0 Å². The molecule has 0 aliphatic carbocycles. The van der Waals surface area contributed by atoms with Crippen LogP contribution in [0.2, 0.25) is 0 Å². The zero-order valence-electron chi connectivity index (χ0n) is 23.1. The Labute approximate surface area is 233 Å². The van der Waals surface area contributed by atoms with E-state index in [4.69, 9.17) is 17.0 Å². The maximum atomic E-state index is 15.2. The summed E-state index contributed by atoms with van der Waals surface area (Å²) in [7, 11) is 0. The highest BCUT2D eigenvalue weighted by Crippen LogP contribution is 2.36. The normalized spacial score (nSPS) is 22.2. The van der Waals surface area contributed by atoms with Crippen molar-refractivity contribution in [2.24, 2.45) is 11.7 Å². The number of nitrogens with zero attached hydrogens (tertiary/aromatic N) is 3. The number of piperidine rings is 1. The molecule has 2 atom stereocenters. The van der Waals surface area contributed by atoms with E-state index in [1.165, 1.54) is 19.1 Å². The Hall–Kier alpha value is -3.55. The Morgan fingerprint density at radius 1 is 1.20 bits per heavy atom. The van der Waals surface area contributed by atoms with E-state index >= 15 is 4.39 Å². The molecule has 2 heterocycles. The van der Waals surface area contributed by atoms with E-state index in [0.29, 0.717) is 35.9 Å². The van der Waals surface area contributed by atoms with Gasteiger partial charge in [-0.25, -0.2) is 13.6 Å². The van der Waals surface area contributed by atoms with Gasteiger partial charge in [-0.2, -0.15) is 0 Å². The van der Waals surface area contributed by atoms with Crippen LogP contribution in [0.25, 0.3) is 16.0 Å². The largest absolute Gasteiger partial charge is 0.504 e. The van der Waals surface area contributed by atoms with Crippen LogP contribution in [0.1, 0.15) is 50.4 Å². The SMILES string of the molecule is [C-]#[N+]c1cc(-c2ccc(C(=O)N3C[C@H](O)C[C@]3(C)C(N)=O)c(F)c2)ccc1OCC1CCN(CC(C)(C)F)CC1. The monoisotopic (exact) mass is 554 g/mol. The molecule has 2 amide bonds. The molecule has 214 valence electrons. The highest BCUT2D eigenvalue weighted by molar-refractivity contribution is 6.00. The first-order valence-electron chi connectivity index (χ1n) is 13.5. The minimum atomic E-state index is -1.41. The molecular weight excluding hydrogens is 518 g/mol. The van der Waals surface area contributed by atoms with Gasteiger partial charge in [0.15, 0.2) is 0 Å². The maximum absolute atomic E-state index is 15.2. The van der Waals surface area contributed by atoms with Crippen LogP contribution in [0.5, 0.6) is 5.75 Å². The topological polar surface area (TPSA) is 100 Å². The summed E-state index contributed by atoms with van der Waals surface area (Å²) in [4.78, 5) is 31.9. The smallest absolute Gasteiger partial charge is 0.257 e. The first kappa shape index (κ1) is 29.4. The van der Waals surface area contributed by atoms with Crippen LogP contribution in [0.3, 0.4) is 0 Å². The van der Waals surface area contributed by atoms with Gasteiger partial charge < -0.3 is 25.4 Å². The number of aliphatic hydroxyl groups excluding tert-OH is 1. The Kier molecular flexibility index (Phi) is 8.47. The van der Waals surface area contributed by atoms with Crippen LogP contribution < -0.4 is 10.5 Å². The second-order valence-electron chi connectivity index (χ2n) is 11.6. The van der Waals surface area contributed by atoms with E-state index in [1.54, 1.807) is 38.1 Å². The molecule has 0 saturated carbocycles. The van der Waals surface area contributed by atoms with Gasteiger partial charge in [0.05, 0.1) is 24.8 Å². The molecule has 3 N–H and O–H groups in total. The lowest BCUT2D eigenvalue weighted by Crippen LogP contribution is -2.54. The number of hydrogen-bond donors (Lipinski definition) is 2. The van der Waals surface area contributed by atoms with Gasteiger partial charge in [0.2, 0.25) is 11.6 Å². The molecule has 2 aromatic rings. The summed E-state index contributed by atoms with van der Waals surface area (Å²) in [6.07, 6.45) is 0.832. The van der Waals surface area contributed by atoms with Gasteiger partial charge in [0, 0.05) is 19.5 Å². The predicted molar refractivity (Wildman–Crippen MR) is 147 cm³/mol. The molecule has 4 rings (SSSR count). The number of nitrogens with two attached hydrogens (primary N) is 1. The number of β-amino-alcohol motifs (C(OH)–C–C–N with tert-alkyl or cyclic N) is 1. The fourth-order valence-corrected chi connectivity index (χ4v) is 5.56. The minimum absolute atomic E-state index is 0.0156. The highest BCUT2D eigenvalue weighted by Gasteiger charge is 2.49. The quantitative estimate of drug-likeness (QED) is 0.473. The third-order valence-electron chi connectivity index (χ3n) is 7.79. The number of likely N-dealkylation sites (tertiary alicyclic amines) is 2. The molecule has 0 spiro atoms. The molecule has 2 aliphatic heterocycles. The van der Waals surface area contributed by atoms with Gasteiger partial charge in [0.1, 0.15) is 22.8 Å². The van der Waals surface area contributed by atoms with E-state index in [9.17, 15) is 19.1 Å². The van der Waals surface area contributed by atoms with Crippen LogP contribution in [0, 0.1) is 18.3 Å². The van der Waals surface area contributed by atoms with Crippen LogP contribution in [0.15, 0.2) is 36.4 Å². The number of benzene rings is 2. The zero-order chi connectivity index (χ0) is 29.2. The summed E-state index contributed by atoms with van der Waals surface area (Å²) in [5.41, 5.74) is 3.94. The van der Waals surface area contributed by atoms with Crippen LogP contribution in [0.4, 0.5) is 14.5 Å². The molecule has 0 radical (unpaired) electrons. The van der Waals surface area contributed by atoms with Gasteiger partial charge in [-0.1, -0.05) is 12.1 Å². The second-order valence-corrected chi connectivity index (χ2v) is 11.6. The van der Waals surface area contributed by atoms with Crippen molar-refractivity contribution < 1.29 is 28.2 Å². The Morgan fingerprint density at radius 3 is 2.45 bits per heavy atom. The molecule has 0 bridgehead atoms.